The molecule has 4 aliphatic rings. The van der Waals surface area contributed by atoms with E-state index in [-0.39, 0.29) is 52.1 Å². The number of fused-ring (bicyclic) bond motifs is 5. The normalized spacial score (nSPS) is 27.3. The average Bonchev–Trinajstić information content (AvgIpc) is 3.68. The van der Waals surface area contributed by atoms with Crippen LogP contribution >= 0.6 is 0 Å². The zero-order chi connectivity index (χ0) is 32.5. The highest BCUT2D eigenvalue weighted by Gasteiger charge is 2.49. The van der Waals surface area contributed by atoms with Crippen molar-refractivity contribution in [1.82, 2.24) is 25.2 Å². The van der Waals surface area contributed by atoms with Crippen LogP contribution in [-0.2, 0) is 0 Å². The van der Waals surface area contributed by atoms with E-state index in [9.17, 15) is 18.3 Å². The predicted octanol–water partition coefficient (Wildman–Crippen LogP) is 5.56. The molecule has 0 spiro atoms. The first-order chi connectivity index (χ1) is 22.7. The minimum atomic E-state index is -0.955. The fraction of sp³-hybridized carbons (Fsp3) is 0.400. The van der Waals surface area contributed by atoms with Crippen LogP contribution in [0.2, 0.25) is 0 Å². The monoisotopic (exact) mass is 644 g/mol. The maximum atomic E-state index is 16.9. The fourth-order valence-corrected chi connectivity index (χ4v) is 8.30. The maximum absolute atomic E-state index is 16.9. The molecule has 6 heterocycles. The SMILES string of the molecule is C#Cc1c(F)ccc2cc(O)cc(-c3ncc4c(N5CC6CCC(/C=C/F)(C5)N6)nc(OC[C@@]56CCCN5C[C@H](F)C6)nc4c3F)c12. The number of alkyl halides is 1. The molecule has 0 amide bonds. The van der Waals surface area contributed by atoms with E-state index in [1.54, 1.807) is 0 Å². The Morgan fingerprint density at radius 2 is 2.06 bits per heavy atom. The Balaban J connectivity index is 1.28. The molecular weight excluding hydrogens is 612 g/mol. The number of rotatable bonds is 6. The van der Waals surface area contributed by atoms with Crippen LogP contribution in [0.15, 0.2) is 42.9 Å². The Bertz CT molecular complexity index is 2000. The molecule has 2 unspecified atom stereocenters. The van der Waals surface area contributed by atoms with Gasteiger partial charge in [0.15, 0.2) is 5.82 Å². The number of nitrogens with zero attached hydrogens (tertiary/aromatic N) is 5. The molecule has 2 bridgehead atoms. The number of phenolic OH excluding ortho intramolecular Hbond substituents is 1. The van der Waals surface area contributed by atoms with Crippen LogP contribution in [0.5, 0.6) is 11.8 Å². The van der Waals surface area contributed by atoms with Gasteiger partial charge in [-0.1, -0.05) is 12.0 Å². The van der Waals surface area contributed by atoms with Crippen LogP contribution in [0, 0.1) is 24.0 Å². The number of anilines is 1. The minimum Gasteiger partial charge on any atom is -0.508 e. The predicted molar refractivity (Wildman–Crippen MR) is 170 cm³/mol. The van der Waals surface area contributed by atoms with E-state index >= 15 is 4.39 Å². The van der Waals surface area contributed by atoms with E-state index in [0.29, 0.717) is 49.0 Å². The lowest BCUT2D eigenvalue weighted by Crippen LogP contribution is -2.59. The number of benzene rings is 2. The molecule has 0 radical (unpaired) electrons. The van der Waals surface area contributed by atoms with Gasteiger partial charge >= 0.3 is 6.01 Å². The van der Waals surface area contributed by atoms with E-state index in [4.69, 9.17) is 16.1 Å². The third kappa shape index (κ3) is 4.86. The summed E-state index contributed by atoms with van der Waals surface area (Å²) in [6, 6.07) is 5.33. The first-order valence-corrected chi connectivity index (χ1v) is 15.8. The fourth-order valence-electron chi connectivity index (χ4n) is 8.30. The molecule has 242 valence electrons. The summed E-state index contributed by atoms with van der Waals surface area (Å²) in [4.78, 5) is 17.8. The van der Waals surface area contributed by atoms with Crippen molar-refractivity contribution in [3.8, 4) is 35.4 Å². The molecule has 4 fully saturated rings. The van der Waals surface area contributed by atoms with Gasteiger partial charge in [0.25, 0.3) is 0 Å². The molecule has 8 rings (SSSR count). The summed E-state index contributed by atoms with van der Waals surface area (Å²) in [5, 5.41) is 15.0. The number of phenols is 1. The van der Waals surface area contributed by atoms with Crippen molar-refractivity contribution in [3.05, 3.63) is 60.1 Å². The first kappa shape index (κ1) is 29.9. The van der Waals surface area contributed by atoms with Crippen LogP contribution in [0.4, 0.5) is 23.4 Å². The number of pyridine rings is 1. The highest BCUT2D eigenvalue weighted by atomic mass is 19.1. The molecule has 2 N–H and O–H groups in total. The second-order valence-electron chi connectivity index (χ2n) is 13.2. The van der Waals surface area contributed by atoms with E-state index in [2.05, 4.69) is 26.1 Å². The maximum Gasteiger partial charge on any atom is 0.319 e. The van der Waals surface area contributed by atoms with Gasteiger partial charge in [-0.25, -0.2) is 17.6 Å². The quantitative estimate of drug-likeness (QED) is 0.209. The molecule has 0 aliphatic carbocycles. The zero-order valence-corrected chi connectivity index (χ0v) is 25.4. The molecule has 0 saturated carbocycles. The Kier molecular flexibility index (Phi) is 7.04. The lowest BCUT2D eigenvalue weighted by Gasteiger charge is -2.40. The minimum absolute atomic E-state index is 0.0491. The summed E-state index contributed by atoms with van der Waals surface area (Å²) < 4.78 is 65.9. The first-order valence-electron chi connectivity index (χ1n) is 15.8. The number of terminal acetylenes is 1. The number of hydrogen-bond acceptors (Lipinski definition) is 8. The van der Waals surface area contributed by atoms with Crippen LogP contribution < -0.4 is 15.0 Å². The second kappa shape index (κ2) is 11.1. The lowest BCUT2D eigenvalue weighted by atomic mass is 9.95. The van der Waals surface area contributed by atoms with Crippen molar-refractivity contribution < 1.29 is 27.4 Å². The molecule has 2 aromatic heterocycles. The van der Waals surface area contributed by atoms with Gasteiger partial charge in [0, 0.05) is 49.2 Å². The highest BCUT2D eigenvalue weighted by Crippen LogP contribution is 2.42. The van der Waals surface area contributed by atoms with Crippen LogP contribution in [0.1, 0.15) is 37.7 Å². The van der Waals surface area contributed by atoms with Gasteiger partial charge < -0.3 is 20.1 Å². The molecule has 4 saturated heterocycles. The molecular formula is C35H32F4N6O2. The van der Waals surface area contributed by atoms with Gasteiger partial charge in [0.1, 0.15) is 41.4 Å². The van der Waals surface area contributed by atoms with Crippen molar-refractivity contribution in [2.75, 3.05) is 37.7 Å². The molecule has 2 aromatic carbocycles. The third-order valence-electron chi connectivity index (χ3n) is 10.4. The van der Waals surface area contributed by atoms with Gasteiger partial charge in [0.05, 0.1) is 28.4 Å². The van der Waals surface area contributed by atoms with Gasteiger partial charge in [-0.3, -0.25) is 9.88 Å². The number of aromatic hydroxyl groups is 1. The number of halogens is 4. The molecule has 4 atom stereocenters. The number of hydrogen-bond donors (Lipinski definition) is 2. The van der Waals surface area contributed by atoms with Gasteiger partial charge in [-0.05, 0) is 61.9 Å². The molecule has 12 heteroatoms. The van der Waals surface area contributed by atoms with E-state index in [0.717, 1.165) is 32.2 Å². The summed E-state index contributed by atoms with van der Waals surface area (Å²) in [7, 11) is 0. The smallest absolute Gasteiger partial charge is 0.319 e. The highest BCUT2D eigenvalue weighted by molar-refractivity contribution is 6.03. The van der Waals surface area contributed by atoms with Crippen molar-refractivity contribution in [2.24, 2.45) is 0 Å². The number of aromatic nitrogens is 3. The van der Waals surface area contributed by atoms with E-state index in [1.165, 1.54) is 36.5 Å². The van der Waals surface area contributed by atoms with Crippen molar-refractivity contribution in [3.63, 3.8) is 0 Å². The number of ether oxygens (including phenoxy) is 1. The molecule has 4 aliphatic heterocycles. The summed E-state index contributed by atoms with van der Waals surface area (Å²) in [6.45, 7) is 2.16. The number of piperazine rings is 1. The van der Waals surface area contributed by atoms with Crippen molar-refractivity contribution in [2.45, 2.75) is 55.4 Å². The van der Waals surface area contributed by atoms with Gasteiger partial charge in [-0.2, -0.15) is 9.97 Å². The third-order valence-corrected chi connectivity index (χ3v) is 10.4. The topological polar surface area (TPSA) is 86.6 Å². The Morgan fingerprint density at radius 3 is 2.89 bits per heavy atom. The van der Waals surface area contributed by atoms with Gasteiger partial charge in [0.2, 0.25) is 0 Å². The van der Waals surface area contributed by atoms with Crippen LogP contribution in [0.25, 0.3) is 32.9 Å². The second-order valence-corrected chi connectivity index (χ2v) is 13.2. The summed E-state index contributed by atoms with van der Waals surface area (Å²) in [5.74, 6) is 1.04. The number of nitrogens with one attached hydrogen (secondary N) is 1. The Hall–Kier alpha value is -4.47. The van der Waals surface area contributed by atoms with E-state index < -0.39 is 28.9 Å². The van der Waals surface area contributed by atoms with E-state index in [1.807, 2.05) is 4.90 Å². The van der Waals surface area contributed by atoms with Crippen molar-refractivity contribution in [1.29, 1.82) is 0 Å². The average molecular weight is 645 g/mol. The molecule has 8 nitrogen and oxygen atoms in total. The molecule has 47 heavy (non-hydrogen) atoms. The Labute approximate surface area is 268 Å². The van der Waals surface area contributed by atoms with Gasteiger partial charge in [-0.15, -0.1) is 6.42 Å². The largest absolute Gasteiger partial charge is 0.508 e. The van der Waals surface area contributed by atoms with Crippen LogP contribution in [-0.4, -0.2) is 81.0 Å². The standard InChI is InChI=1S/C35H32F4N6O2/c1-2-24-27(38)5-4-20-12-23(46)13-25(28(20)24)30-29(39)31-26(15-40-30)32(44-17-22-6-8-34(18-44,43-22)9-10-36)42-33(41-31)47-19-35-7-3-11-45(35)16-21(37)14-35/h1,4-5,9-10,12-13,15,21-22,43,46H,3,6-8,11,14,16-19H2/b10-9+/t21-,22?,34?,35+/m1/s1. The Morgan fingerprint density at radius 1 is 1.19 bits per heavy atom. The van der Waals surface area contributed by atoms with Crippen LogP contribution in [0.3, 0.4) is 0 Å². The summed E-state index contributed by atoms with van der Waals surface area (Å²) in [5.41, 5.74) is -1.38. The lowest BCUT2D eigenvalue weighted by molar-refractivity contribution is 0.107. The summed E-state index contributed by atoms with van der Waals surface area (Å²) >= 11 is 0. The zero-order valence-electron chi connectivity index (χ0n) is 25.4. The van der Waals surface area contributed by atoms with Crippen molar-refractivity contribution >= 4 is 27.5 Å². The molecule has 4 aromatic rings. The summed E-state index contributed by atoms with van der Waals surface area (Å²) in [6.07, 6.45) is 11.8.